The second kappa shape index (κ2) is 5.59. The molecule has 0 spiro atoms. The second-order valence-electron chi connectivity index (χ2n) is 4.81. The summed E-state index contributed by atoms with van der Waals surface area (Å²) in [4.78, 5) is 6.79. The van der Waals surface area contributed by atoms with Gasteiger partial charge in [0.25, 0.3) is 0 Å². The number of hydrogen-bond acceptors (Lipinski definition) is 4. The first-order valence-corrected chi connectivity index (χ1v) is 6.69. The van der Waals surface area contributed by atoms with Crippen molar-refractivity contribution >= 4 is 5.65 Å². The molecule has 2 aromatic rings. The predicted molar refractivity (Wildman–Crippen MR) is 72.7 cm³/mol. The van der Waals surface area contributed by atoms with Crippen LogP contribution in [0.1, 0.15) is 5.69 Å². The third-order valence-electron chi connectivity index (χ3n) is 3.33. The highest BCUT2D eigenvalue weighted by Gasteiger charge is 2.09. The molecular weight excluding hydrogens is 242 g/mol. The van der Waals surface area contributed by atoms with E-state index in [1.807, 2.05) is 35.9 Å². The van der Waals surface area contributed by atoms with E-state index in [4.69, 9.17) is 9.47 Å². The zero-order chi connectivity index (χ0) is 13.1. The minimum atomic E-state index is 0.704. The Morgan fingerprint density at radius 3 is 3.05 bits per heavy atom. The van der Waals surface area contributed by atoms with Crippen LogP contribution >= 0.6 is 0 Å². The molecule has 0 unspecified atom stereocenters. The maximum absolute atomic E-state index is 5.79. The van der Waals surface area contributed by atoms with Crippen LogP contribution in [0, 0.1) is 6.92 Å². The van der Waals surface area contributed by atoms with Gasteiger partial charge in [0.05, 0.1) is 18.9 Å². The third-order valence-corrected chi connectivity index (χ3v) is 3.33. The Morgan fingerprint density at radius 1 is 1.37 bits per heavy atom. The molecule has 1 aliphatic rings. The molecule has 1 aliphatic heterocycles. The number of nitrogens with zero attached hydrogens (tertiary/aromatic N) is 3. The van der Waals surface area contributed by atoms with E-state index in [1.54, 1.807) is 0 Å². The summed E-state index contributed by atoms with van der Waals surface area (Å²) < 4.78 is 13.1. The Morgan fingerprint density at radius 2 is 2.21 bits per heavy atom. The van der Waals surface area contributed by atoms with E-state index in [-0.39, 0.29) is 0 Å². The highest BCUT2D eigenvalue weighted by molar-refractivity contribution is 5.45. The maximum Gasteiger partial charge on any atom is 0.140 e. The first kappa shape index (κ1) is 12.4. The van der Waals surface area contributed by atoms with Crippen molar-refractivity contribution in [1.82, 2.24) is 14.3 Å². The van der Waals surface area contributed by atoms with Crippen molar-refractivity contribution in [2.45, 2.75) is 6.92 Å². The third kappa shape index (κ3) is 3.05. The van der Waals surface area contributed by atoms with Crippen LogP contribution in [0.5, 0.6) is 5.75 Å². The first-order chi connectivity index (χ1) is 9.31. The number of ether oxygens (including phenoxy) is 2. The fourth-order valence-electron chi connectivity index (χ4n) is 2.30. The molecule has 0 N–H and O–H groups in total. The quantitative estimate of drug-likeness (QED) is 0.833. The van der Waals surface area contributed by atoms with Gasteiger partial charge in [-0.2, -0.15) is 0 Å². The van der Waals surface area contributed by atoms with Crippen molar-refractivity contribution < 1.29 is 9.47 Å². The Hall–Kier alpha value is -1.59. The summed E-state index contributed by atoms with van der Waals surface area (Å²) in [5, 5.41) is 0. The zero-order valence-electron chi connectivity index (χ0n) is 11.2. The molecule has 0 bridgehead atoms. The zero-order valence-corrected chi connectivity index (χ0v) is 11.2. The standard InChI is InChI=1S/C14H19N3O2/c1-12-11-17-3-2-13(10-14(17)15-12)19-9-6-16-4-7-18-8-5-16/h2-3,10-11H,4-9H2,1H3. The van der Waals surface area contributed by atoms with Gasteiger partial charge >= 0.3 is 0 Å². The van der Waals surface area contributed by atoms with Crippen molar-refractivity contribution in [3.63, 3.8) is 0 Å². The van der Waals surface area contributed by atoms with Crippen LogP contribution in [-0.4, -0.2) is 53.7 Å². The summed E-state index contributed by atoms with van der Waals surface area (Å²) in [6.45, 7) is 7.31. The minimum Gasteiger partial charge on any atom is -0.492 e. The van der Waals surface area contributed by atoms with Crippen LogP contribution in [0.25, 0.3) is 5.65 Å². The summed E-state index contributed by atoms with van der Waals surface area (Å²) in [5.41, 5.74) is 1.95. The van der Waals surface area contributed by atoms with Crippen molar-refractivity contribution in [2.75, 3.05) is 39.5 Å². The number of aryl methyl sites for hydroxylation is 1. The number of imidazole rings is 1. The second-order valence-corrected chi connectivity index (χ2v) is 4.81. The molecule has 19 heavy (non-hydrogen) atoms. The summed E-state index contributed by atoms with van der Waals surface area (Å²) >= 11 is 0. The lowest BCUT2D eigenvalue weighted by Gasteiger charge is -2.26. The first-order valence-electron chi connectivity index (χ1n) is 6.69. The summed E-state index contributed by atoms with van der Waals surface area (Å²) in [7, 11) is 0. The Bertz CT molecular complexity index is 547. The largest absolute Gasteiger partial charge is 0.492 e. The summed E-state index contributed by atoms with van der Waals surface area (Å²) in [6.07, 6.45) is 3.99. The molecule has 0 aliphatic carbocycles. The number of pyridine rings is 1. The monoisotopic (exact) mass is 261 g/mol. The van der Waals surface area contributed by atoms with Crippen LogP contribution in [0.3, 0.4) is 0 Å². The minimum absolute atomic E-state index is 0.704. The van der Waals surface area contributed by atoms with Gasteiger partial charge < -0.3 is 13.9 Å². The molecule has 3 heterocycles. The molecule has 0 saturated carbocycles. The van der Waals surface area contributed by atoms with E-state index < -0.39 is 0 Å². The molecular formula is C14H19N3O2. The van der Waals surface area contributed by atoms with E-state index in [9.17, 15) is 0 Å². The van der Waals surface area contributed by atoms with Gasteiger partial charge in [-0.15, -0.1) is 0 Å². The van der Waals surface area contributed by atoms with Crippen molar-refractivity contribution in [2.24, 2.45) is 0 Å². The van der Waals surface area contributed by atoms with Crippen LogP contribution in [0.2, 0.25) is 0 Å². The van der Waals surface area contributed by atoms with Gasteiger partial charge in [0, 0.05) is 38.1 Å². The summed E-state index contributed by atoms with van der Waals surface area (Å²) in [6, 6.07) is 3.96. The van der Waals surface area contributed by atoms with Gasteiger partial charge in [0.15, 0.2) is 0 Å². The predicted octanol–water partition coefficient (Wildman–Crippen LogP) is 1.35. The average Bonchev–Trinajstić information content (AvgIpc) is 2.79. The van der Waals surface area contributed by atoms with Gasteiger partial charge in [-0.1, -0.05) is 0 Å². The van der Waals surface area contributed by atoms with Crippen molar-refractivity contribution in [3.05, 3.63) is 30.2 Å². The van der Waals surface area contributed by atoms with E-state index in [0.717, 1.165) is 49.9 Å². The number of hydrogen-bond donors (Lipinski definition) is 0. The smallest absolute Gasteiger partial charge is 0.140 e. The SMILES string of the molecule is Cc1cn2ccc(OCCN3CCOCC3)cc2n1. The lowest BCUT2D eigenvalue weighted by molar-refractivity contribution is 0.0322. The Kier molecular flexibility index (Phi) is 3.66. The average molecular weight is 261 g/mol. The molecule has 1 saturated heterocycles. The fraction of sp³-hybridized carbons (Fsp3) is 0.500. The van der Waals surface area contributed by atoms with Crippen LogP contribution in [-0.2, 0) is 4.74 Å². The number of rotatable bonds is 4. The van der Waals surface area contributed by atoms with E-state index in [0.29, 0.717) is 6.61 Å². The Labute approximate surface area is 112 Å². The lowest BCUT2D eigenvalue weighted by Crippen LogP contribution is -2.38. The van der Waals surface area contributed by atoms with Crippen molar-refractivity contribution in [3.8, 4) is 5.75 Å². The number of aromatic nitrogens is 2. The normalized spacial score (nSPS) is 16.9. The van der Waals surface area contributed by atoms with Gasteiger partial charge in [-0.3, -0.25) is 4.90 Å². The van der Waals surface area contributed by atoms with Gasteiger partial charge in [0.1, 0.15) is 18.0 Å². The van der Waals surface area contributed by atoms with E-state index in [1.165, 1.54) is 0 Å². The number of fused-ring (bicyclic) bond motifs is 1. The van der Waals surface area contributed by atoms with Gasteiger partial charge in [-0.25, -0.2) is 4.98 Å². The van der Waals surface area contributed by atoms with E-state index >= 15 is 0 Å². The van der Waals surface area contributed by atoms with Gasteiger partial charge in [0.2, 0.25) is 0 Å². The highest BCUT2D eigenvalue weighted by Crippen LogP contribution is 2.14. The molecule has 0 aromatic carbocycles. The summed E-state index contributed by atoms with van der Waals surface area (Å²) in [5.74, 6) is 0.881. The molecule has 0 radical (unpaired) electrons. The molecule has 0 amide bonds. The molecule has 0 atom stereocenters. The van der Waals surface area contributed by atoms with Crippen LogP contribution in [0.4, 0.5) is 0 Å². The molecule has 5 nitrogen and oxygen atoms in total. The van der Waals surface area contributed by atoms with Gasteiger partial charge in [-0.05, 0) is 13.0 Å². The molecule has 1 fully saturated rings. The molecule has 3 rings (SSSR count). The van der Waals surface area contributed by atoms with Crippen molar-refractivity contribution in [1.29, 1.82) is 0 Å². The number of morpholine rings is 1. The Balaban J connectivity index is 1.55. The fourth-order valence-corrected chi connectivity index (χ4v) is 2.30. The topological polar surface area (TPSA) is 39.0 Å². The van der Waals surface area contributed by atoms with Crippen LogP contribution < -0.4 is 4.74 Å². The highest BCUT2D eigenvalue weighted by atomic mass is 16.5. The molecule has 2 aromatic heterocycles. The van der Waals surface area contributed by atoms with Crippen LogP contribution in [0.15, 0.2) is 24.5 Å². The lowest BCUT2D eigenvalue weighted by atomic mass is 10.4. The maximum atomic E-state index is 5.79. The molecule has 5 heteroatoms. The molecule has 102 valence electrons. The van der Waals surface area contributed by atoms with E-state index in [2.05, 4.69) is 9.88 Å².